The number of hydrogen-bond acceptors (Lipinski definition) is 3. The van der Waals surface area contributed by atoms with Crippen LogP contribution in [0.3, 0.4) is 0 Å². The third-order valence-electron chi connectivity index (χ3n) is 4.07. The van der Waals surface area contributed by atoms with Gasteiger partial charge in [-0.3, -0.25) is 0 Å². The summed E-state index contributed by atoms with van der Waals surface area (Å²) in [6.07, 6.45) is 2.12. The van der Waals surface area contributed by atoms with Crippen molar-refractivity contribution in [1.82, 2.24) is 10.6 Å². The molecule has 0 aromatic heterocycles. The molecule has 0 fully saturated rings. The lowest BCUT2D eigenvalue weighted by atomic mass is 10.1. The maximum atomic E-state index is 11.8. The zero-order chi connectivity index (χ0) is 16.8. The van der Waals surface area contributed by atoms with Gasteiger partial charge in [-0.15, -0.1) is 0 Å². The summed E-state index contributed by atoms with van der Waals surface area (Å²) < 4.78 is 5.22. The first-order valence-electron chi connectivity index (χ1n) is 8.08. The summed E-state index contributed by atoms with van der Waals surface area (Å²) in [6, 6.07) is 17.6. The average Bonchev–Trinajstić information content (AvgIpc) is 3.02. The molecule has 0 saturated carbocycles. The van der Waals surface area contributed by atoms with Crippen LogP contribution in [0.25, 0.3) is 0 Å². The predicted molar refractivity (Wildman–Crippen MR) is 98.0 cm³/mol. The van der Waals surface area contributed by atoms with Crippen LogP contribution in [0.4, 0.5) is 0 Å². The van der Waals surface area contributed by atoms with E-state index in [2.05, 4.69) is 34.9 Å². The fraction of sp³-hybridized carbons (Fsp3) is 0.263. The highest BCUT2D eigenvalue weighted by molar-refractivity contribution is 7.80. The Labute approximate surface area is 147 Å². The predicted octanol–water partition coefficient (Wildman–Crippen LogP) is 3.00. The molecule has 1 aliphatic rings. The van der Waals surface area contributed by atoms with Crippen LogP contribution in [0.15, 0.2) is 54.6 Å². The van der Waals surface area contributed by atoms with Gasteiger partial charge in [0.2, 0.25) is 0 Å². The van der Waals surface area contributed by atoms with Crippen LogP contribution in [0, 0.1) is 0 Å². The molecule has 0 aliphatic heterocycles. The molecule has 1 aliphatic carbocycles. The van der Waals surface area contributed by atoms with Crippen LogP contribution >= 0.6 is 12.2 Å². The number of aryl methyl sites for hydroxylation is 1. The number of benzene rings is 2. The minimum atomic E-state index is -0.319. The van der Waals surface area contributed by atoms with Gasteiger partial charge in [0.1, 0.15) is 6.61 Å². The highest BCUT2D eigenvalue weighted by atomic mass is 32.1. The van der Waals surface area contributed by atoms with Gasteiger partial charge in [0.25, 0.3) is 0 Å². The number of nitrogens with one attached hydrogen (secondary N) is 2. The van der Waals surface area contributed by atoms with E-state index in [4.69, 9.17) is 17.0 Å². The fourth-order valence-electron chi connectivity index (χ4n) is 2.88. The van der Waals surface area contributed by atoms with Gasteiger partial charge in [-0.25, -0.2) is 4.79 Å². The van der Waals surface area contributed by atoms with Gasteiger partial charge < -0.3 is 15.4 Å². The van der Waals surface area contributed by atoms with Crippen LogP contribution in [0.2, 0.25) is 0 Å². The van der Waals surface area contributed by atoms with Gasteiger partial charge in [-0.2, -0.15) is 0 Å². The van der Waals surface area contributed by atoms with Gasteiger partial charge in [0.05, 0.1) is 18.2 Å². The van der Waals surface area contributed by atoms with Crippen LogP contribution in [-0.4, -0.2) is 24.2 Å². The maximum absolute atomic E-state index is 11.8. The largest absolute Gasteiger partial charge is 0.460 e. The van der Waals surface area contributed by atoms with Crippen molar-refractivity contribution >= 4 is 23.3 Å². The Hall–Kier alpha value is -2.40. The van der Waals surface area contributed by atoms with Crippen molar-refractivity contribution in [3.8, 4) is 0 Å². The Balaban J connectivity index is 1.39. The molecule has 2 aromatic rings. The van der Waals surface area contributed by atoms with Crippen molar-refractivity contribution in [2.24, 2.45) is 0 Å². The lowest BCUT2D eigenvalue weighted by Crippen LogP contribution is -2.38. The summed E-state index contributed by atoms with van der Waals surface area (Å²) in [5, 5.41) is 7.02. The second-order valence-electron chi connectivity index (χ2n) is 5.69. The van der Waals surface area contributed by atoms with Gasteiger partial charge in [-0.1, -0.05) is 42.5 Å². The van der Waals surface area contributed by atoms with Gasteiger partial charge in [0, 0.05) is 0 Å². The first kappa shape index (κ1) is 16.5. The van der Waals surface area contributed by atoms with E-state index < -0.39 is 0 Å². The summed E-state index contributed by atoms with van der Waals surface area (Å²) in [5.41, 5.74) is 3.26. The Kier molecular flexibility index (Phi) is 5.43. The van der Waals surface area contributed by atoms with Crippen molar-refractivity contribution in [2.75, 3.05) is 13.2 Å². The summed E-state index contributed by atoms with van der Waals surface area (Å²) in [6.45, 7) is 0.759. The average molecular weight is 340 g/mol. The van der Waals surface area contributed by atoms with Crippen molar-refractivity contribution in [3.05, 3.63) is 71.3 Å². The van der Waals surface area contributed by atoms with E-state index in [1.54, 1.807) is 12.1 Å². The smallest absolute Gasteiger partial charge is 0.338 e. The normalized spacial score (nSPS) is 15.4. The molecule has 4 nitrogen and oxygen atoms in total. The molecule has 5 heteroatoms. The molecule has 1 atom stereocenters. The minimum Gasteiger partial charge on any atom is -0.460 e. The van der Waals surface area contributed by atoms with Crippen molar-refractivity contribution in [2.45, 2.75) is 18.9 Å². The van der Waals surface area contributed by atoms with E-state index in [9.17, 15) is 4.79 Å². The Morgan fingerprint density at radius 2 is 1.88 bits per heavy atom. The molecule has 124 valence electrons. The third-order valence-corrected chi connectivity index (χ3v) is 4.33. The maximum Gasteiger partial charge on any atom is 0.338 e. The van der Waals surface area contributed by atoms with E-state index in [-0.39, 0.29) is 18.6 Å². The van der Waals surface area contributed by atoms with E-state index in [0.29, 0.717) is 17.2 Å². The quantitative estimate of drug-likeness (QED) is 0.498. The molecule has 3 rings (SSSR count). The van der Waals surface area contributed by atoms with Crippen molar-refractivity contribution in [1.29, 1.82) is 0 Å². The summed E-state index contributed by atoms with van der Waals surface area (Å²) in [5.74, 6) is -0.319. The van der Waals surface area contributed by atoms with Crippen LogP contribution in [-0.2, 0) is 11.2 Å². The number of carbonyl (C=O) groups excluding carboxylic acids is 1. The highest BCUT2D eigenvalue weighted by Crippen LogP contribution is 2.30. The van der Waals surface area contributed by atoms with Crippen LogP contribution in [0.1, 0.15) is 33.9 Å². The first-order chi connectivity index (χ1) is 11.7. The van der Waals surface area contributed by atoms with Gasteiger partial charge in [0.15, 0.2) is 5.11 Å². The van der Waals surface area contributed by atoms with E-state index in [0.717, 1.165) is 12.8 Å². The Morgan fingerprint density at radius 3 is 2.71 bits per heavy atom. The molecule has 2 N–H and O–H groups in total. The van der Waals surface area contributed by atoms with Crippen molar-refractivity contribution in [3.63, 3.8) is 0 Å². The lowest BCUT2D eigenvalue weighted by molar-refractivity contribution is 0.0512. The molecule has 0 bridgehead atoms. The second kappa shape index (κ2) is 7.93. The second-order valence-corrected chi connectivity index (χ2v) is 6.10. The minimum absolute atomic E-state index is 0.257. The molecule has 0 amide bonds. The molecule has 0 saturated heterocycles. The lowest BCUT2D eigenvalue weighted by Gasteiger charge is -2.17. The molecule has 24 heavy (non-hydrogen) atoms. The molecule has 0 heterocycles. The molecule has 0 radical (unpaired) electrons. The number of hydrogen-bond donors (Lipinski definition) is 2. The number of ether oxygens (including phenoxy) is 1. The number of rotatable bonds is 5. The highest BCUT2D eigenvalue weighted by Gasteiger charge is 2.22. The first-order valence-corrected chi connectivity index (χ1v) is 8.49. The molecular formula is C19H20N2O2S. The van der Waals surface area contributed by atoms with E-state index >= 15 is 0 Å². The fourth-order valence-corrected chi connectivity index (χ4v) is 3.13. The number of thiocarbonyl (C=S) groups is 1. The van der Waals surface area contributed by atoms with E-state index in [1.165, 1.54) is 11.1 Å². The summed E-state index contributed by atoms with van der Waals surface area (Å²) in [7, 11) is 0. The topological polar surface area (TPSA) is 50.4 Å². The SMILES string of the molecule is O=C(OCCNC(=S)N[C@@H]1CCc2ccccc21)c1ccccc1. The Morgan fingerprint density at radius 1 is 1.12 bits per heavy atom. The van der Waals surface area contributed by atoms with E-state index in [1.807, 2.05) is 18.2 Å². The standard InChI is InChI=1S/C19H20N2O2S/c22-18(15-7-2-1-3-8-15)23-13-12-20-19(24)21-17-11-10-14-6-4-5-9-16(14)17/h1-9,17H,10-13H2,(H2,20,21,24)/t17-/m1/s1. The molecule has 0 unspecified atom stereocenters. The molecular weight excluding hydrogens is 320 g/mol. The van der Waals surface area contributed by atoms with Crippen molar-refractivity contribution < 1.29 is 9.53 Å². The van der Waals surface area contributed by atoms with Crippen LogP contribution in [0.5, 0.6) is 0 Å². The number of fused-ring (bicyclic) bond motifs is 1. The summed E-state index contributed by atoms with van der Waals surface area (Å²) in [4.78, 5) is 11.8. The zero-order valence-electron chi connectivity index (χ0n) is 13.3. The monoisotopic (exact) mass is 340 g/mol. The summed E-state index contributed by atoms with van der Waals surface area (Å²) >= 11 is 5.33. The number of esters is 1. The molecule has 2 aromatic carbocycles. The molecule has 0 spiro atoms. The van der Waals surface area contributed by atoms with Gasteiger partial charge in [-0.05, 0) is 48.3 Å². The third kappa shape index (κ3) is 4.11. The van der Waals surface area contributed by atoms with Crippen LogP contribution < -0.4 is 10.6 Å². The Bertz CT molecular complexity index is 718. The zero-order valence-corrected chi connectivity index (χ0v) is 14.1. The van der Waals surface area contributed by atoms with Gasteiger partial charge >= 0.3 is 5.97 Å². The number of carbonyl (C=O) groups is 1.